The van der Waals surface area contributed by atoms with Crippen LogP contribution in [0.25, 0.3) is 0 Å². The topological polar surface area (TPSA) is 99.5 Å². The van der Waals surface area contributed by atoms with E-state index in [1.807, 2.05) is 0 Å². The van der Waals surface area contributed by atoms with Crippen molar-refractivity contribution < 1.29 is 19.8 Å². The highest BCUT2D eigenvalue weighted by atomic mass is 35.5. The highest BCUT2D eigenvalue weighted by Crippen LogP contribution is 2.23. The lowest BCUT2D eigenvalue weighted by Crippen LogP contribution is -2.12. The van der Waals surface area contributed by atoms with E-state index in [9.17, 15) is 14.7 Å². The van der Waals surface area contributed by atoms with Crippen molar-refractivity contribution in [2.24, 2.45) is 0 Å². The number of carboxylic acid groups (broad SMARTS) is 1. The molecule has 0 bridgehead atoms. The number of amides is 1. The maximum absolute atomic E-state index is 11.9. The molecule has 8 heteroatoms. The number of carboxylic acids is 1. The zero-order valence-corrected chi connectivity index (χ0v) is 11.5. The van der Waals surface area contributed by atoms with E-state index < -0.39 is 11.9 Å². The number of phenols is 1. The van der Waals surface area contributed by atoms with Crippen LogP contribution in [0.3, 0.4) is 0 Å². The fourth-order valence-electron chi connectivity index (χ4n) is 1.46. The molecule has 0 saturated carbocycles. The Morgan fingerprint density at radius 3 is 2.85 bits per heavy atom. The minimum Gasteiger partial charge on any atom is -0.507 e. The van der Waals surface area contributed by atoms with Gasteiger partial charge in [0, 0.05) is 10.4 Å². The number of carbonyl (C=O) groups is 2. The van der Waals surface area contributed by atoms with Gasteiger partial charge in [0.15, 0.2) is 5.13 Å². The Hall–Kier alpha value is -2.12. The minimum absolute atomic E-state index is 0.0208. The van der Waals surface area contributed by atoms with Gasteiger partial charge in [-0.3, -0.25) is 14.9 Å². The second-order valence-electron chi connectivity index (χ2n) is 3.83. The van der Waals surface area contributed by atoms with Gasteiger partial charge < -0.3 is 10.2 Å². The number of nitrogens with zero attached hydrogens (tertiary/aromatic N) is 1. The summed E-state index contributed by atoms with van der Waals surface area (Å²) in [4.78, 5) is 26.4. The Morgan fingerprint density at radius 1 is 1.40 bits per heavy atom. The van der Waals surface area contributed by atoms with E-state index in [1.165, 1.54) is 18.2 Å². The molecule has 0 aliphatic heterocycles. The summed E-state index contributed by atoms with van der Waals surface area (Å²) in [5.74, 6) is -1.77. The molecule has 20 heavy (non-hydrogen) atoms. The normalized spacial score (nSPS) is 10.2. The summed E-state index contributed by atoms with van der Waals surface area (Å²) >= 11 is 6.86. The highest BCUT2D eigenvalue weighted by molar-refractivity contribution is 7.14. The van der Waals surface area contributed by atoms with Crippen LogP contribution in [0.2, 0.25) is 5.02 Å². The average molecular weight is 313 g/mol. The summed E-state index contributed by atoms with van der Waals surface area (Å²) < 4.78 is 0. The molecule has 0 fully saturated rings. The number of aromatic nitrogens is 1. The van der Waals surface area contributed by atoms with Gasteiger partial charge in [-0.15, -0.1) is 11.3 Å². The third-order valence-electron chi connectivity index (χ3n) is 2.31. The van der Waals surface area contributed by atoms with Crippen LogP contribution in [0.1, 0.15) is 16.1 Å². The van der Waals surface area contributed by atoms with E-state index >= 15 is 0 Å². The lowest BCUT2D eigenvalue weighted by Gasteiger charge is -2.04. The van der Waals surface area contributed by atoms with Gasteiger partial charge in [0.1, 0.15) is 5.75 Å². The summed E-state index contributed by atoms with van der Waals surface area (Å²) in [5.41, 5.74) is 0.376. The molecule has 1 aromatic heterocycles. The van der Waals surface area contributed by atoms with E-state index in [0.29, 0.717) is 10.7 Å². The summed E-state index contributed by atoms with van der Waals surface area (Å²) in [5, 5.41) is 22.8. The SMILES string of the molecule is O=C(O)Cc1csc(NC(=O)c2cc(Cl)ccc2O)n1. The van der Waals surface area contributed by atoms with Crippen molar-refractivity contribution in [2.45, 2.75) is 6.42 Å². The fourth-order valence-corrected chi connectivity index (χ4v) is 2.33. The second kappa shape index (κ2) is 5.89. The van der Waals surface area contributed by atoms with Crippen LogP contribution < -0.4 is 5.32 Å². The van der Waals surface area contributed by atoms with E-state index in [0.717, 1.165) is 11.3 Å². The Bertz CT molecular complexity index is 671. The Morgan fingerprint density at radius 2 is 2.15 bits per heavy atom. The third-order valence-corrected chi connectivity index (χ3v) is 3.35. The highest BCUT2D eigenvalue weighted by Gasteiger charge is 2.14. The quantitative estimate of drug-likeness (QED) is 0.805. The molecule has 0 aliphatic rings. The lowest BCUT2D eigenvalue weighted by molar-refractivity contribution is -0.136. The molecule has 0 spiro atoms. The zero-order valence-electron chi connectivity index (χ0n) is 9.96. The van der Waals surface area contributed by atoms with Crippen molar-refractivity contribution in [3.8, 4) is 5.75 Å². The van der Waals surface area contributed by atoms with Crippen LogP contribution in [0.4, 0.5) is 5.13 Å². The molecule has 0 aliphatic carbocycles. The van der Waals surface area contributed by atoms with Gasteiger partial charge in [-0.05, 0) is 18.2 Å². The lowest BCUT2D eigenvalue weighted by atomic mass is 10.2. The minimum atomic E-state index is -0.999. The molecule has 0 saturated heterocycles. The zero-order chi connectivity index (χ0) is 14.7. The van der Waals surface area contributed by atoms with Crippen LogP contribution in [0, 0.1) is 0 Å². The molecule has 2 aromatic rings. The maximum atomic E-state index is 11.9. The molecule has 0 atom stereocenters. The first kappa shape index (κ1) is 14.3. The first-order valence-electron chi connectivity index (χ1n) is 5.42. The number of hydrogen-bond acceptors (Lipinski definition) is 5. The average Bonchev–Trinajstić information content (AvgIpc) is 2.78. The predicted octanol–water partition coefficient (Wildman–Crippen LogP) is 2.38. The van der Waals surface area contributed by atoms with Crippen molar-refractivity contribution in [2.75, 3.05) is 5.32 Å². The van der Waals surface area contributed by atoms with Gasteiger partial charge >= 0.3 is 5.97 Å². The summed E-state index contributed by atoms with van der Waals surface area (Å²) in [7, 11) is 0. The number of halogens is 1. The van der Waals surface area contributed by atoms with E-state index in [-0.39, 0.29) is 22.9 Å². The summed E-state index contributed by atoms with van der Waals surface area (Å²) in [6.07, 6.45) is -0.214. The number of carbonyl (C=O) groups excluding carboxylic acids is 1. The largest absolute Gasteiger partial charge is 0.507 e. The first-order valence-corrected chi connectivity index (χ1v) is 6.67. The van der Waals surface area contributed by atoms with Crippen molar-refractivity contribution in [3.05, 3.63) is 39.9 Å². The standard InChI is InChI=1S/C12H9ClN2O4S/c13-6-1-2-9(16)8(3-6)11(19)15-12-14-7(5-20-12)4-10(17)18/h1-3,5,16H,4H2,(H,17,18)(H,14,15,19). The van der Waals surface area contributed by atoms with Crippen LogP contribution in [0.5, 0.6) is 5.75 Å². The van der Waals surface area contributed by atoms with Crippen molar-refractivity contribution >= 4 is 39.9 Å². The molecule has 2 rings (SSSR count). The van der Waals surface area contributed by atoms with Gasteiger partial charge in [0.25, 0.3) is 5.91 Å². The number of aliphatic carboxylic acids is 1. The van der Waals surface area contributed by atoms with Gasteiger partial charge in [-0.25, -0.2) is 4.98 Å². The molecule has 1 aromatic carbocycles. The van der Waals surface area contributed by atoms with E-state index in [4.69, 9.17) is 16.7 Å². The van der Waals surface area contributed by atoms with Gasteiger partial charge in [-0.1, -0.05) is 11.6 Å². The number of anilines is 1. The van der Waals surface area contributed by atoms with Gasteiger partial charge in [0.2, 0.25) is 0 Å². The Labute approximate surface area is 122 Å². The molecule has 0 radical (unpaired) electrons. The molecule has 1 heterocycles. The molecular formula is C12H9ClN2O4S. The smallest absolute Gasteiger partial charge is 0.309 e. The van der Waals surface area contributed by atoms with Crippen LogP contribution in [0.15, 0.2) is 23.6 Å². The van der Waals surface area contributed by atoms with E-state index in [1.54, 1.807) is 5.38 Å². The number of benzene rings is 1. The van der Waals surface area contributed by atoms with Crippen LogP contribution >= 0.6 is 22.9 Å². The first-order chi connectivity index (χ1) is 9.45. The number of rotatable bonds is 4. The number of phenolic OH excluding ortho intramolecular Hbond substituents is 1. The van der Waals surface area contributed by atoms with Crippen LogP contribution in [-0.2, 0) is 11.2 Å². The molecule has 0 unspecified atom stereocenters. The summed E-state index contributed by atoms with van der Waals surface area (Å²) in [6.45, 7) is 0. The summed E-state index contributed by atoms with van der Waals surface area (Å²) in [6, 6.07) is 4.11. The molecule has 1 amide bonds. The monoisotopic (exact) mass is 312 g/mol. The number of thiazole rings is 1. The van der Waals surface area contributed by atoms with Crippen molar-refractivity contribution in [1.82, 2.24) is 4.98 Å². The molecule has 3 N–H and O–H groups in total. The molecular weight excluding hydrogens is 304 g/mol. The Kier molecular flexibility index (Phi) is 4.21. The Balaban J connectivity index is 2.13. The third kappa shape index (κ3) is 3.46. The molecule has 104 valence electrons. The van der Waals surface area contributed by atoms with Gasteiger partial charge in [-0.2, -0.15) is 0 Å². The number of aromatic hydroxyl groups is 1. The fraction of sp³-hybridized carbons (Fsp3) is 0.0833. The van der Waals surface area contributed by atoms with Gasteiger partial charge in [0.05, 0.1) is 17.7 Å². The second-order valence-corrected chi connectivity index (χ2v) is 5.12. The maximum Gasteiger partial charge on any atom is 0.309 e. The number of nitrogens with one attached hydrogen (secondary N) is 1. The molecule has 6 nitrogen and oxygen atoms in total. The number of hydrogen-bond donors (Lipinski definition) is 3. The van der Waals surface area contributed by atoms with E-state index in [2.05, 4.69) is 10.3 Å². The van der Waals surface area contributed by atoms with Crippen molar-refractivity contribution in [1.29, 1.82) is 0 Å². The van der Waals surface area contributed by atoms with Crippen LogP contribution in [-0.4, -0.2) is 27.1 Å². The predicted molar refractivity (Wildman–Crippen MR) is 74.5 cm³/mol. The van der Waals surface area contributed by atoms with Crippen molar-refractivity contribution in [3.63, 3.8) is 0 Å².